The van der Waals surface area contributed by atoms with E-state index in [1.54, 1.807) is 0 Å². The zero-order chi connectivity index (χ0) is 11.5. The molecule has 2 aromatic rings. The van der Waals surface area contributed by atoms with Crippen LogP contribution in [0.1, 0.15) is 5.56 Å². The third kappa shape index (κ3) is 2.47. The van der Waals surface area contributed by atoms with Crippen molar-refractivity contribution in [2.75, 3.05) is 18.4 Å². The summed E-state index contributed by atoms with van der Waals surface area (Å²) in [5.74, 6) is 0. The second-order valence-corrected chi connectivity index (χ2v) is 4.40. The first-order chi connectivity index (χ1) is 8.40. The van der Waals surface area contributed by atoms with Crippen molar-refractivity contribution in [2.45, 2.75) is 12.6 Å². The van der Waals surface area contributed by atoms with Crippen LogP contribution in [0.25, 0.3) is 0 Å². The van der Waals surface area contributed by atoms with E-state index in [9.17, 15) is 0 Å². The lowest BCUT2D eigenvalue weighted by molar-refractivity contribution is 0.472. The standard InChI is InChI=1S/C13H16N4/c1-3-11(10-17-6-2-5-15-17)7-12(4-1)16-13-8-14-9-13/h1-7,13-14,16H,8-10H2. The summed E-state index contributed by atoms with van der Waals surface area (Å²) in [4.78, 5) is 0. The molecule has 2 N–H and O–H groups in total. The Labute approximate surface area is 101 Å². The van der Waals surface area contributed by atoms with E-state index < -0.39 is 0 Å². The lowest BCUT2D eigenvalue weighted by Crippen LogP contribution is -2.51. The van der Waals surface area contributed by atoms with Gasteiger partial charge in [-0.15, -0.1) is 0 Å². The third-order valence-electron chi connectivity index (χ3n) is 2.98. The smallest absolute Gasteiger partial charge is 0.0660 e. The van der Waals surface area contributed by atoms with E-state index in [4.69, 9.17) is 0 Å². The van der Waals surface area contributed by atoms with Gasteiger partial charge in [-0.2, -0.15) is 5.10 Å². The Bertz CT molecular complexity index is 474. The van der Waals surface area contributed by atoms with Gasteiger partial charge in [0.2, 0.25) is 0 Å². The Morgan fingerprint density at radius 3 is 3.00 bits per heavy atom. The number of aromatic nitrogens is 2. The molecule has 0 atom stereocenters. The summed E-state index contributed by atoms with van der Waals surface area (Å²) in [6, 6.07) is 11.1. The van der Waals surface area contributed by atoms with Crippen LogP contribution in [0, 0.1) is 0 Å². The molecule has 4 nitrogen and oxygen atoms in total. The van der Waals surface area contributed by atoms with Crippen LogP contribution in [0.4, 0.5) is 5.69 Å². The number of rotatable bonds is 4. The lowest BCUT2D eigenvalue weighted by Gasteiger charge is -2.29. The molecule has 88 valence electrons. The molecule has 1 aliphatic rings. The van der Waals surface area contributed by atoms with Gasteiger partial charge in [-0.3, -0.25) is 4.68 Å². The molecule has 0 saturated carbocycles. The molecular formula is C13H16N4. The Hall–Kier alpha value is -1.81. The van der Waals surface area contributed by atoms with Gasteiger partial charge in [-0.1, -0.05) is 12.1 Å². The minimum Gasteiger partial charge on any atom is -0.380 e. The zero-order valence-electron chi connectivity index (χ0n) is 9.63. The molecule has 4 heteroatoms. The number of benzene rings is 1. The first kappa shape index (κ1) is 10.4. The van der Waals surface area contributed by atoms with Crippen LogP contribution in [0.2, 0.25) is 0 Å². The van der Waals surface area contributed by atoms with Crippen molar-refractivity contribution < 1.29 is 0 Å². The molecule has 0 radical (unpaired) electrons. The fourth-order valence-corrected chi connectivity index (χ4v) is 1.97. The van der Waals surface area contributed by atoms with Gasteiger partial charge in [-0.25, -0.2) is 0 Å². The molecule has 1 fully saturated rings. The molecule has 3 rings (SSSR count). The van der Waals surface area contributed by atoms with Crippen LogP contribution in [-0.4, -0.2) is 28.9 Å². The van der Waals surface area contributed by atoms with E-state index in [-0.39, 0.29) is 0 Å². The molecule has 0 aliphatic carbocycles. The minimum atomic E-state index is 0.579. The summed E-state index contributed by atoms with van der Waals surface area (Å²) in [6.45, 7) is 2.94. The van der Waals surface area contributed by atoms with Crippen LogP contribution < -0.4 is 10.6 Å². The van der Waals surface area contributed by atoms with Crippen molar-refractivity contribution in [3.05, 3.63) is 48.3 Å². The number of hydrogen-bond donors (Lipinski definition) is 2. The molecule has 17 heavy (non-hydrogen) atoms. The summed E-state index contributed by atoms with van der Waals surface area (Å²) in [7, 11) is 0. The molecule has 1 saturated heterocycles. The van der Waals surface area contributed by atoms with Gasteiger partial charge in [0, 0.05) is 31.2 Å². The molecule has 1 aromatic carbocycles. The maximum Gasteiger partial charge on any atom is 0.0660 e. The van der Waals surface area contributed by atoms with Crippen LogP contribution >= 0.6 is 0 Å². The van der Waals surface area contributed by atoms with Gasteiger partial charge in [0.25, 0.3) is 0 Å². The number of nitrogens with zero attached hydrogens (tertiary/aromatic N) is 2. The SMILES string of the molecule is c1cc(Cn2cccn2)cc(NC2CNC2)c1. The highest BCUT2D eigenvalue weighted by Crippen LogP contribution is 2.13. The first-order valence-electron chi connectivity index (χ1n) is 5.94. The molecule has 0 bridgehead atoms. The Balaban J connectivity index is 1.69. The van der Waals surface area contributed by atoms with Gasteiger partial charge < -0.3 is 10.6 Å². The summed E-state index contributed by atoms with van der Waals surface area (Å²) >= 11 is 0. The van der Waals surface area contributed by atoms with Crippen molar-refractivity contribution in [3.63, 3.8) is 0 Å². The largest absolute Gasteiger partial charge is 0.380 e. The Morgan fingerprint density at radius 2 is 2.29 bits per heavy atom. The highest BCUT2D eigenvalue weighted by molar-refractivity contribution is 5.47. The predicted molar refractivity (Wildman–Crippen MR) is 68.1 cm³/mol. The van der Waals surface area contributed by atoms with Gasteiger partial charge in [0.15, 0.2) is 0 Å². The van der Waals surface area contributed by atoms with Crippen molar-refractivity contribution >= 4 is 5.69 Å². The van der Waals surface area contributed by atoms with Gasteiger partial charge in [0.1, 0.15) is 0 Å². The second-order valence-electron chi connectivity index (χ2n) is 4.40. The summed E-state index contributed by atoms with van der Waals surface area (Å²) in [5, 5.41) is 11.0. The Morgan fingerprint density at radius 1 is 1.35 bits per heavy atom. The number of nitrogens with one attached hydrogen (secondary N) is 2. The van der Waals surface area contributed by atoms with Gasteiger partial charge >= 0.3 is 0 Å². The van der Waals surface area contributed by atoms with Crippen LogP contribution in [0.15, 0.2) is 42.7 Å². The van der Waals surface area contributed by atoms with Crippen molar-refractivity contribution in [1.29, 1.82) is 0 Å². The lowest BCUT2D eigenvalue weighted by atomic mass is 10.1. The first-order valence-corrected chi connectivity index (χ1v) is 5.94. The normalized spacial score (nSPS) is 15.5. The fraction of sp³-hybridized carbons (Fsp3) is 0.308. The summed E-state index contributed by atoms with van der Waals surface area (Å²) < 4.78 is 1.93. The maximum atomic E-state index is 4.22. The number of hydrogen-bond acceptors (Lipinski definition) is 3. The highest BCUT2D eigenvalue weighted by Gasteiger charge is 2.15. The topological polar surface area (TPSA) is 41.9 Å². The average Bonchev–Trinajstić information content (AvgIpc) is 2.77. The van der Waals surface area contributed by atoms with Crippen molar-refractivity contribution in [1.82, 2.24) is 15.1 Å². The van der Waals surface area contributed by atoms with E-state index in [1.165, 1.54) is 11.3 Å². The molecule has 0 unspecified atom stereocenters. The van der Waals surface area contributed by atoms with Crippen LogP contribution in [0.5, 0.6) is 0 Å². The van der Waals surface area contributed by atoms with E-state index in [0.29, 0.717) is 6.04 Å². The van der Waals surface area contributed by atoms with E-state index in [1.807, 2.05) is 23.1 Å². The predicted octanol–water partition coefficient (Wildman–Crippen LogP) is 1.32. The average molecular weight is 228 g/mol. The Kier molecular flexibility index (Phi) is 2.80. The fourth-order valence-electron chi connectivity index (χ4n) is 1.97. The van der Waals surface area contributed by atoms with Crippen molar-refractivity contribution in [3.8, 4) is 0 Å². The molecular weight excluding hydrogens is 212 g/mol. The zero-order valence-corrected chi connectivity index (χ0v) is 9.63. The maximum absolute atomic E-state index is 4.22. The molecule has 1 aromatic heterocycles. The van der Waals surface area contributed by atoms with Gasteiger partial charge in [0.05, 0.1) is 12.6 Å². The van der Waals surface area contributed by atoms with E-state index in [2.05, 4.69) is 40.0 Å². The van der Waals surface area contributed by atoms with Crippen LogP contribution in [-0.2, 0) is 6.54 Å². The third-order valence-corrected chi connectivity index (χ3v) is 2.98. The van der Waals surface area contributed by atoms with Gasteiger partial charge in [-0.05, 0) is 23.8 Å². The molecule has 1 aliphatic heterocycles. The van der Waals surface area contributed by atoms with Crippen LogP contribution in [0.3, 0.4) is 0 Å². The number of anilines is 1. The van der Waals surface area contributed by atoms with Crippen molar-refractivity contribution in [2.24, 2.45) is 0 Å². The molecule has 2 heterocycles. The van der Waals surface area contributed by atoms with E-state index in [0.717, 1.165) is 19.6 Å². The minimum absolute atomic E-state index is 0.579. The molecule has 0 amide bonds. The summed E-state index contributed by atoms with van der Waals surface area (Å²) in [5.41, 5.74) is 2.46. The molecule has 0 spiro atoms. The second kappa shape index (κ2) is 4.59. The summed E-state index contributed by atoms with van der Waals surface area (Å²) in [6.07, 6.45) is 3.79. The van der Waals surface area contributed by atoms with E-state index >= 15 is 0 Å². The highest BCUT2D eigenvalue weighted by atomic mass is 15.3. The monoisotopic (exact) mass is 228 g/mol. The quantitative estimate of drug-likeness (QED) is 0.829.